The topological polar surface area (TPSA) is 75.4 Å². The summed E-state index contributed by atoms with van der Waals surface area (Å²) in [6.45, 7) is 5.13. The van der Waals surface area contributed by atoms with Crippen LogP contribution in [-0.4, -0.2) is 34.8 Å². The summed E-state index contributed by atoms with van der Waals surface area (Å²) in [6.07, 6.45) is 2.88. The lowest BCUT2D eigenvalue weighted by Crippen LogP contribution is -2.31. The van der Waals surface area contributed by atoms with Crippen LogP contribution in [0, 0.1) is 0 Å². The van der Waals surface area contributed by atoms with Crippen LogP contribution < -0.4 is 5.32 Å². The summed E-state index contributed by atoms with van der Waals surface area (Å²) in [5.74, 6) is -0.252. The predicted octanol–water partition coefficient (Wildman–Crippen LogP) is 4.17. The molecule has 0 saturated carbocycles. The fourth-order valence-electron chi connectivity index (χ4n) is 2.34. The standard InChI is InChI=1S/C18H21Cl2N3O3/c1-3-7-21-17(24)15-11-26-16(22-15)10-23(8-4-2)18(25)13-6-5-12(19)9-14(13)20/h5-6,9,11H,3-4,7-8,10H2,1-2H3,(H,21,24). The van der Waals surface area contributed by atoms with Crippen molar-refractivity contribution in [2.24, 2.45) is 0 Å². The fraction of sp³-hybridized carbons (Fsp3) is 0.389. The van der Waals surface area contributed by atoms with E-state index < -0.39 is 0 Å². The number of nitrogens with zero attached hydrogens (tertiary/aromatic N) is 2. The van der Waals surface area contributed by atoms with Crippen LogP contribution in [0.15, 0.2) is 28.9 Å². The van der Waals surface area contributed by atoms with Crippen molar-refractivity contribution in [3.05, 3.63) is 51.7 Å². The molecule has 6 nitrogen and oxygen atoms in total. The Labute approximate surface area is 162 Å². The number of carbonyl (C=O) groups is 2. The summed E-state index contributed by atoms with van der Waals surface area (Å²) in [7, 11) is 0. The molecule has 0 aliphatic heterocycles. The molecule has 1 heterocycles. The van der Waals surface area contributed by atoms with Crippen LogP contribution in [0.25, 0.3) is 0 Å². The molecule has 0 saturated heterocycles. The first-order chi connectivity index (χ1) is 12.5. The third-order valence-electron chi connectivity index (χ3n) is 3.59. The summed E-state index contributed by atoms with van der Waals surface area (Å²) in [5, 5.41) is 3.48. The predicted molar refractivity (Wildman–Crippen MR) is 101 cm³/mol. The van der Waals surface area contributed by atoms with Gasteiger partial charge in [-0.2, -0.15) is 0 Å². The summed E-state index contributed by atoms with van der Waals surface area (Å²) in [5.41, 5.74) is 0.554. The van der Waals surface area contributed by atoms with Gasteiger partial charge in [-0.1, -0.05) is 37.0 Å². The van der Waals surface area contributed by atoms with Crippen LogP contribution in [0.1, 0.15) is 53.4 Å². The molecule has 0 aliphatic rings. The lowest BCUT2D eigenvalue weighted by molar-refractivity contribution is 0.0728. The van der Waals surface area contributed by atoms with Gasteiger partial charge in [-0.05, 0) is 31.0 Å². The van der Waals surface area contributed by atoms with Gasteiger partial charge < -0.3 is 14.6 Å². The highest BCUT2D eigenvalue weighted by Gasteiger charge is 2.21. The number of hydrogen-bond acceptors (Lipinski definition) is 4. The molecule has 2 amide bonds. The number of hydrogen-bond donors (Lipinski definition) is 1. The van der Waals surface area contributed by atoms with Crippen LogP contribution in [0.5, 0.6) is 0 Å². The number of carbonyl (C=O) groups excluding carboxylic acids is 2. The zero-order valence-electron chi connectivity index (χ0n) is 14.7. The van der Waals surface area contributed by atoms with Gasteiger partial charge in [0.15, 0.2) is 5.69 Å². The van der Waals surface area contributed by atoms with E-state index in [9.17, 15) is 9.59 Å². The Bertz CT molecular complexity index is 777. The zero-order valence-corrected chi connectivity index (χ0v) is 16.2. The van der Waals surface area contributed by atoms with Crippen LogP contribution in [-0.2, 0) is 6.54 Å². The zero-order chi connectivity index (χ0) is 19.1. The molecule has 1 N–H and O–H groups in total. The molecule has 1 aromatic heterocycles. The molecular formula is C18H21Cl2N3O3. The number of benzene rings is 1. The van der Waals surface area contributed by atoms with Crippen molar-refractivity contribution >= 4 is 35.0 Å². The maximum atomic E-state index is 12.8. The Balaban J connectivity index is 2.14. The SMILES string of the molecule is CCCNC(=O)c1coc(CN(CCC)C(=O)c2ccc(Cl)cc2Cl)n1. The van der Waals surface area contributed by atoms with Crippen molar-refractivity contribution in [2.45, 2.75) is 33.2 Å². The molecule has 0 atom stereocenters. The largest absolute Gasteiger partial charge is 0.446 e. The number of amides is 2. The number of oxazole rings is 1. The first kappa shape index (κ1) is 20.3. The third-order valence-corrected chi connectivity index (χ3v) is 4.14. The Morgan fingerprint density at radius 2 is 2.00 bits per heavy atom. The van der Waals surface area contributed by atoms with E-state index in [2.05, 4.69) is 10.3 Å². The van der Waals surface area contributed by atoms with E-state index in [1.165, 1.54) is 12.3 Å². The van der Waals surface area contributed by atoms with Crippen LogP contribution in [0.3, 0.4) is 0 Å². The van der Waals surface area contributed by atoms with Gasteiger partial charge in [0.1, 0.15) is 6.26 Å². The molecule has 0 fully saturated rings. The van der Waals surface area contributed by atoms with E-state index in [-0.39, 0.29) is 29.1 Å². The first-order valence-corrected chi connectivity index (χ1v) is 9.18. The quantitative estimate of drug-likeness (QED) is 0.724. The molecule has 2 rings (SSSR count). The van der Waals surface area contributed by atoms with E-state index in [1.807, 2.05) is 13.8 Å². The highest BCUT2D eigenvalue weighted by atomic mass is 35.5. The normalized spacial score (nSPS) is 10.6. The van der Waals surface area contributed by atoms with E-state index in [1.54, 1.807) is 17.0 Å². The second kappa shape index (κ2) is 9.59. The molecule has 0 aliphatic carbocycles. The van der Waals surface area contributed by atoms with Gasteiger partial charge in [-0.15, -0.1) is 0 Å². The minimum Gasteiger partial charge on any atom is -0.446 e. The van der Waals surface area contributed by atoms with Gasteiger partial charge >= 0.3 is 0 Å². The first-order valence-electron chi connectivity index (χ1n) is 8.43. The summed E-state index contributed by atoms with van der Waals surface area (Å²) < 4.78 is 5.36. The minimum atomic E-state index is -0.295. The monoisotopic (exact) mass is 397 g/mol. The lowest BCUT2D eigenvalue weighted by atomic mass is 10.2. The summed E-state index contributed by atoms with van der Waals surface area (Å²) in [6, 6.07) is 4.74. The van der Waals surface area contributed by atoms with Gasteiger partial charge in [-0.3, -0.25) is 9.59 Å². The van der Waals surface area contributed by atoms with E-state index in [0.29, 0.717) is 29.6 Å². The Kier molecular flexibility index (Phi) is 7.48. The fourth-order valence-corrected chi connectivity index (χ4v) is 2.83. The Hall–Kier alpha value is -2.05. The van der Waals surface area contributed by atoms with Crippen molar-refractivity contribution in [1.82, 2.24) is 15.2 Å². The molecule has 140 valence electrons. The summed E-state index contributed by atoms with van der Waals surface area (Å²) in [4.78, 5) is 30.5. The Morgan fingerprint density at radius 1 is 1.23 bits per heavy atom. The highest BCUT2D eigenvalue weighted by Crippen LogP contribution is 2.23. The molecule has 0 radical (unpaired) electrons. The van der Waals surface area contributed by atoms with Crippen molar-refractivity contribution in [3.8, 4) is 0 Å². The van der Waals surface area contributed by atoms with Crippen LogP contribution >= 0.6 is 23.2 Å². The van der Waals surface area contributed by atoms with Crippen molar-refractivity contribution in [2.75, 3.05) is 13.1 Å². The molecule has 0 unspecified atom stereocenters. The lowest BCUT2D eigenvalue weighted by Gasteiger charge is -2.21. The number of halogens is 2. The highest BCUT2D eigenvalue weighted by molar-refractivity contribution is 6.36. The minimum absolute atomic E-state index is 0.146. The van der Waals surface area contributed by atoms with E-state index in [0.717, 1.165) is 12.8 Å². The maximum Gasteiger partial charge on any atom is 0.273 e. The molecule has 8 heteroatoms. The van der Waals surface area contributed by atoms with Crippen LogP contribution in [0.2, 0.25) is 10.0 Å². The molecule has 0 bridgehead atoms. The van der Waals surface area contributed by atoms with Crippen molar-refractivity contribution in [1.29, 1.82) is 0 Å². The molecule has 26 heavy (non-hydrogen) atoms. The van der Waals surface area contributed by atoms with Crippen molar-refractivity contribution < 1.29 is 14.0 Å². The van der Waals surface area contributed by atoms with Crippen LogP contribution in [0.4, 0.5) is 0 Å². The van der Waals surface area contributed by atoms with Gasteiger partial charge in [0.2, 0.25) is 5.89 Å². The number of nitrogens with one attached hydrogen (secondary N) is 1. The molecule has 0 spiro atoms. The third kappa shape index (κ3) is 5.22. The summed E-state index contributed by atoms with van der Waals surface area (Å²) >= 11 is 12.0. The molecule has 1 aromatic carbocycles. The van der Waals surface area contributed by atoms with Crippen molar-refractivity contribution in [3.63, 3.8) is 0 Å². The average Bonchev–Trinajstić information content (AvgIpc) is 3.07. The second-order valence-corrected chi connectivity index (χ2v) is 6.58. The Morgan fingerprint density at radius 3 is 2.65 bits per heavy atom. The average molecular weight is 398 g/mol. The molecule has 2 aromatic rings. The second-order valence-electron chi connectivity index (χ2n) is 5.73. The smallest absolute Gasteiger partial charge is 0.273 e. The maximum absolute atomic E-state index is 12.8. The van der Waals surface area contributed by atoms with Gasteiger partial charge in [0.25, 0.3) is 11.8 Å². The van der Waals surface area contributed by atoms with Gasteiger partial charge in [-0.25, -0.2) is 4.98 Å². The van der Waals surface area contributed by atoms with E-state index >= 15 is 0 Å². The number of aromatic nitrogens is 1. The number of rotatable bonds is 8. The van der Waals surface area contributed by atoms with E-state index in [4.69, 9.17) is 27.6 Å². The van der Waals surface area contributed by atoms with Gasteiger partial charge in [0.05, 0.1) is 17.1 Å². The molecular weight excluding hydrogens is 377 g/mol. The van der Waals surface area contributed by atoms with Gasteiger partial charge in [0, 0.05) is 18.1 Å².